The fourth-order valence-corrected chi connectivity index (χ4v) is 5.05. The zero-order chi connectivity index (χ0) is 18.4. The highest BCUT2D eigenvalue weighted by molar-refractivity contribution is 7.18. The Hall–Kier alpha value is -0.880. The van der Waals surface area contributed by atoms with Crippen LogP contribution in [0, 0.1) is 11.3 Å². The molecule has 1 amide bonds. The van der Waals surface area contributed by atoms with Crippen molar-refractivity contribution in [1.82, 2.24) is 15.6 Å². The van der Waals surface area contributed by atoms with Crippen molar-refractivity contribution < 1.29 is 4.79 Å². The third-order valence-electron chi connectivity index (χ3n) is 5.90. The minimum atomic E-state index is -0.349. The lowest BCUT2D eigenvalue weighted by Gasteiger charge is -2.30. The van der Waals surface area contributed by atoms with Gasteiger partial charge >= 0.3 is 0 Å². The summed E-state index contributed by atoms with van der Waals surface area (Å²) in [7, 11) is 0. The number of amides is 1. The maximum absolute atomic E-state index is 13.0. The van der Waals surface area contributed by atoms with Gasteiger partial charge in [0.2, 0.25) is 5.91 Å². The molecule has 0 radical (unpaired) electrons. The third-order valence-corrected chi connectivity index (χ3v) is 6.94. The summed E-state index contributed by atoms with van der Waals surface area (Å²) in [5, 5.41) is 7.76. The molecule has 1 unspecified atom stereocenters. The van der Waals surface area contributed by atoms with Crippen LogP contribution in [0.1, 0.15) is 51.0 Å². The normalized spacial score (nSPS) is 16.9. The number of fused-ring (bicyclic) bond motifs is 1. The summed E-state index contributed by atoms with van der Waals surface area (Å²) >= 11 is 1.72. The minimum absolute atomic E-state index is 0. The highest BCUT2D eigenvalue weighted by Crippen LogP contribution is 2.34. The van der Waals surface area contributed by atoms with Crippen LogP contribution in [-0.2, 0) is 11.2 Å². The number of nitrogens with one attached hydrogen (secondary N) is 2. The summed E-state index contributed by atoms with van der Waals surface area (Å²) < 4.78 is 1.20. The number of carbonyl (C=O) groups is 1. The van der Waals surface area contributed by atoms with Crippen LogP contribution in [-0.4, -0.2) is 30.5 Å². The number of hydrogen-bond acceptors (Lipinski definition) is 4. The van der Waals surface area contributed by atoms with Gasteiger partial charge < -0.3 is 10.6 Å². The molecule has 3 rings (SSSR count). The third kappa shape index (κ3) is 6.06. The molecule has 158 valence electrons. The van der Waals surface area contributed by atoms with E-state index in [0.717, 1.165) is 55.8 Å². The molecule has 7 heteroatoms. The summed E-state index contributed by atoms with van der Waals surface area (Å²) in [6.45, 7) is 7.27. The standard InChI is InChI=1S/C21H31N3OS.2ClH/c1-3-21(4-2,14-19-24-17-9-5-6-10-18(17)26-19)20(25)23-13-11-16-8-7-12-22-15-16;;/h5-6,9-10,16,22H,3-4,7-8,11-15H2,1-2H3,(H,23,25);2*1H. The minimum Gasteiger partial charge on any atom is -0.356 e. The van der Waals surface area contributed by atoms with Crippen molar-refractivity contribution in [1.29, 1.82) is 0 Å². The van der Waals surface area contributed by atoms with Crippen molar-refractivity contribution in [2.45, 2.75) is 52.4 Å². The Morgan fingerprint density at radius 3 is 2.68 bits per heavy atom. The van der Waals surface area contributed by atoms with Crippen LogP contribution in [0.5, 0.6) is 0 Å². The molecule has 2 N–H and O–H groups in total. The Morgan fingerprint density at radius 2 is 2.04 bits per heavy atom. The molecule has 1 atom stereocenters. The quantitative estimate of drug-likeness (QED) is 0.601. The summed E-state index contributed by atoms with van der Waals surface area (Å²) in [5.74, 6) is 0.900. The number of halogens is 2. The lowest BCUT2D eigenvalue weighted by atomic mass is 9.78. The zero-order valence-electron chi connectivity index (χ0n) is 16.8. The van der Waals surface area contributed by atoms with Gasteiger partial charge in [-0.1, -0.05) is 26.0 Å². The van der Waals surface area contributed by atoms with E-state index in [1.807, 2.05) is 18.2 Å². The number of rotatable bonds is 8. The largest absolute Gasteiger partial charge is 0.356 e. The fraction of sp³-hybridized carbons (Fsp3) is 0.619. The van der Waals surface area contributed by atoms with Crippen molar-refractivity contribution in [3.8, 4) is 0 Å². The molecule has 1 fully saturated rings. The smallest absolute Gasteiger partial charge is 0.226 e. The Labute approximate surface area is 185 Å². The number of thiazole rings is 1. The predicted molar refractivity (Wildman–Crippen MR) is 124 cm³/mol. The van der Waals surface area contributed by atoms with E-state index in [4.69, 9.17) is 4.98 Å². The highest BCUT2D eigenvalue weighted by Gasteiger charge is 2.36. The van der Waals surface area contributed by atoms with E-state index < -0.39 is 0 Å². The van der Waals surface area contributed by atoms with E-state index in [1.54, 1.807) is 11.3 Å². The van der Waals surface area contributed by atoms with Gasteiger partial charge in [0.25, 0.3) is 0 Å². The monoisotopic (exact) mass is 445 g/mol. The number of nitrogens with zero attached hydrogens (tertiary/aromatic N) is 1. The van der Waals surface area contributed by atoms with E-state index >= 15 is 0 Å². The van der Waals surface area contributed by atoms with Gasteiger partial charge in [-0.3, -0.25) is 4.79 Å². The maximum Gasteiger partial charge on any atom is 0.226 e. The Balaban J connectivity index is 0.00000196. The van der Waals surface area contributed by atoms with Crippen molar-refractivity contribution in [2.24, 2.45) is 11.3 Å². The first kappa shape index (κ1) is 25.2. The molecule has 1 aromatic carbocycles. The number of para-hydroxylation sites is 1. The average Bonchev–Trinajstić information content (AvgIpc) is 3.09. The van der Waals surface area contributed by atoms with Crippen LogP contribution in [0.25, 0.3) is 10.2 Å². The van der Waals surface area contributed by atoms with Crippen LogP contribution in [0.2, 0.25) is 0 Å². The van der Waals surface area contributed by atoms with E-state index in [-0.39, 0.29) is 36.1 Å². The van der Waals surface area contributed by atoms with E-state index in [2.05, 4.69) is 30.5 Å². The number of aromatic nitrogens is 1. The molecule has 0 saturated carbocycles. The van der Waals surface area contributed by atoms with Gasteiger partial charge in [0.1, 0.15) is 0 Å². The van der Waals surface area contributed by atoms with Gasteiger partial charge in [-0.05, 0) is 63.2 Å². The summed E-state index contributed by atoms with van der Waals surface area (Å²) in [6, 6.07) is 8.22. The fourth-order valence-electron chi connectivity index (χ4n) is 3.93. The Bertz CT molecular complexity index is 694. The van der Waals surface area contributed by atoms with E-state index in [1.165, 1.54) is 17.5 Å². The molecule has 1 saturated heterocycles. The Kier molecular flexibility index (Phi) is 10.7. The van der Waals surface area contributed by atoms with Gasteiger partial charge in [-0.2, -0.15) is 0 Å². The number of hydrogen-bond donors (Lipinski definition) is 2. The van der Waals surface area contributed by atoms with Gasteiger partial charge in [0.05, 0.1) is 20.6 Å². The first-order valence-corrected chi connectivity index (χ1v) is 10.8. The van der Waals surface area contributed by atoms with Gasteiger partial charge in [-0.25, -0.2) is 4.98 Å². The van der Waals surface area contributed by atoms with Gasteiger partial charge in [0, 0.05) is 13.0 Å². The first-order chi connectivity index (χ1) is 12.7. The van der Waals surface area contributed by atoms with E-state index in [0.29, 0.717) is 5.92 Å². The molecule has 0 aliphatic carbocycles. The molecule has 1 aromatic heterocycles. The molecular formula is C21H33Cl2N3OS. The maximum atomic E-state index is 13.0. The topological polar surface area (TPSA) is 54.0 Å². The lowest BCUT2D eigenvalue weighted by molar-refractivity contribution is -0.131. The molecular weight excluding hydrogens is 413 g/mol. The van der Waals surface area contributed by atoms with Crippen molar-refractivity contribution >= 4 is 52.3 Å². The molecule has 0 bridgehead atoms. The highest BCUT2D eigenvalue weighted by atomic mass is 35.5. The number of piperidine rings is 1. The molecule has 2 aromatic rings. The number of benzene rings is 1. The van der Waals surface area contributed by atoms with Crippen LogP contribution >= 0.6 is 36.2 Å². The van der Waals surface area contributed by atoms with Crippen molar-refractivity contribution in [3.63, 3.8) is 0 Å². The molecule has 1 aliphatic heterocycles. The van der Waals surface area contributed by atoms with Crippen molar-refractivity contribution in [2.75, 3.05) is 19.6 Å². The van der Waals surface area contributed by atoms with Crippen LogP contribution in [0.15, 0.2) is 24.3 Å². The Morgan fingerprint density at radius 1 is 1.29 bits per heavy atom. The SMILES string of the molecule is CCC(CC)(Cc1nc2ccccc2s1)C(=O)NCCC1CCCNC1.Cl.Cl. The van der Waals surface area contributed by atoms with Crippen molar-refractivity contribution in [3.05, 3.63) is 29.3 Å². The zero-order valence-corrected chi connectivity index (χ0v) is 19.3. The molecule has 1 aliphatic rings. The van der Waals surface area contributed by atoms with E-state index in [9.17, 15) is 4.79 Å². The summed E-state index contributed by atoms with van der Waals surface area (Å²) in [5.41, 5.74) is 0.692. The summed E-state index contributed by atoms with van der Waals surface area (Å²) in [6.07, 6.45) is 6.03. The predicted octanol–water partition coefficient (Wildman–Crippen LogP) is 4.99. The van der Waals surface area contributed by atoms with Gasteiger partial charge in [0.15, 0.2) is 0 Å². The number of carbonyl (C=O) groups excluding carboxylic acids is 1. The lowest BCUT2D eigenvalue weighted by Crippen LogP contribution is -2.43. The second-order valence-electron chi connectivity index (χ2n) is 7.50. The summed E-state index contributed by atoms with van der Waals surface area (Å²) in [4.78, 5) is 17.8. The molecule has 2 heterocycles. The molecule has 4 nitrogen and oxygen atoms in total. The second kappa shape index (κ2) is 12.0. The van der Waals surface area contributed by atoms with Crippen LogP contribution in [0.3, 0.4) is 0 Å². The molecule has 0 spiro atoms. The van der Waals surface area contributed by atoms with Crippen LogP contribution < -0.4 is 10.6 Å². The molecule has 28 heavy (non-hydrogen) atoms. The second-order valence-corrected chi connectivity index (χ2v) is 8.61. The van der Waals surface area contributed by atoms with Crippen LogP contribution in [0.4, 0.5) is 0 Å². The average molecular weight is 446 g/mol. The van der Waals surface area contributed by atoms with Gasteiger partial charge in [-0.15, -0.1) is 36.2 Å². The first-order valence-electron chi connectivity index (χ1n) is 10.0.